The summed E-state index contributed by atoms with van der Waals surface area (Å²) in [6.07, 6.45) is 2.68. The van der Waals surface area contributed by atoms with Gasteiger partial charge in [-0.15, -0.1) is 0 Å². The van der Waals surface area contributed by atoms with Crippen LogP contribution >= 0.6 is 0 Å². The topological polar surface area (TPSA) is 157 Å². The molecule has 0 spiro atoms. The maximum Gasteiger partial charge on any atom is 0.414 e. The molecular weight excluding hydrogens is 468 g/mol. The smallest absolute Gasteiger partial charge is 0.414 e. The molecule has 2 aromatic rings. The first kappa shape index (κ1) is 28.3. The van der Waals surface area contributed by atoms with Crippen molar-refractivity contribution in [3.63, 3.8) is 0 Å². The molecule has 0 saturated heterocycles. The zero-order valence-electron chi connectivity index (χ0n) is 21.5. The van der Waals surface area contributed by atoms with E-state index in [0.29, 0.717) is 25.1 Å². The lowest BCUT2D eigenvalue weighted by Crippen LogP contribution is -2.47. The lowest BCUT2D eigenvalue weighted by Gasteiger charge is -2.22. The number of nitrogens with one attached hydrogen (secondary N) is 3. The Morgan fingerprint density at radius 1 is 0.972 bits per heavy atom. The van der Waals surface area contributed by atoms with E-state index in [9.17, 15) is 14.4 Å². The molecule has 0 aromatic carbocycles. The van der Waals surface area contributed by atoms with E-state index in [2.05, 4.69) is 31.1 Å². The Morgan fingerprint density at radius 2 is 1.56 bits per heavy atom. The lowest BCUT2D eigenvalue weighted by molar-refractivity contribution is 0.0544. The zero-order valence-corrected chi connectivity index (χ0v) is 21.5. The molecule has 0 aliphatic rings. The number of rotatable bonds is 7. The summed E-state index contributed by atoms with van der Waals surface area (Å²) in [5.74, 6) is 0.0403. The van der Waals surface area contributed by atoms with Gasteiger partial charge in [0.25, 0.3) is 5.91 Å². The van der Waals surface area contributed by atoms with Crippen LogP contribution in [0.15, 0.2) is 40.1 Å². The third-order valence-corrected chi connectivity index (χ3v) is 4.08. The van der Waals surface area contributed by atoms with Crippen molar-refractivity contribution < 1.29 is 28.4 Å². The van der Waals surface area contributed by atoms with Gasteiger partial charge in [0.1, 0.15) is 17.0 Å². The largest absolute Gasteiger partial charge is 0.444 e. The number of ether oxygens (including phenoxy) is 2. The van der Waals surface area contributed by atoms with Crippen molar-refractivity contribution >= 4 is 24.1 Å². The summed E-state index contributed by atoms with van der Waals surface area (Å²) >= 11 is 0. The molecule has 0 aliphatic carbocycles. The predicted molar refractivity (Wildman–Crippen MR) is 131 cm³/mol. The standard InChI is InChI=1S/C24H34N6O6/c1-23(2,3)34-21(32)28-20(29-22(33)35-24(4,5)6)26-11-7-8-17-14-18(30-36-17)19(31)27-15-16-9-12-25-13-10-16/h9-10,12-14H,7-8,11,15H2,1-6H3,(H,27,31)(H2,26,28,29,32,33). The lowest BCUT2D eigenvalue weighted by atomic mass is 10.2. The van der Waals surface area contributed by atoms with Crippen molar-refractivity contribution in [1.29, 1.82) is 0 Å². The van der Waals surface area contributed by atoms with E-state index in [1.165, 1.54) is 0 Å². The van der Waals surface area contributed by atoms with E-state index >= 15 is 0 Å². The normalized spacial score (nSPS) is 11.3. The summed E-state index contributed by atoms with van der Waals surface area (Å²) in [6, 6.07) is 5.17. The van der Waals surface area contributed by atoms with Crippen molar-refractivity contribution in [2.24, 2.45) is 4.99 Å². The SMILES string of the molecule is CC(C)(C)OC(=O)NC(=NCCCc1cc(C(=O)NCc2ccncc2)no1)NC(=O)OC(C)(C)C. The summed E-state index contributed by atoms with van der Waals surface area (Å²) in [7, 11) is 0. The number of alkyl carbamates (subject to hydrolysis) is 2. The van der Waals surface area contributed by atoms with E-state index < -0.39 is 23.4 Å². The molecule has 0 unspecified atom stereocenters. The van der Waals surface area contributed by atoms with Crippen LogP contribution in [0.3, 0.4) is 0 Å². The van der Waals surface area contributed by atoms with Gasteiger partial charge in [-0.2, -0.15) is 0 Å². The number of hydrogen-bond donors (Lipinski definition) is 3. The van der Waals surface area contributed by atoms with Gasteiger partial charge in [0.05, 0.1) is 0 Å². The van der Waals surface area contributed by atoms with E-state index in [4.69, 9.17) is 14.0 Å². The van der Waals surface area contributed by atoms with Crippen LogP contribution in [0, 0.1) is 0 Å². The van der Waals surface area contributed by atoms with Gasteiger partial charge < -0.3 is 19.3 Å². The summed E-state index contributed by atoms with van der Waals surface area (Å²) in [5.41, 5.74) is -0.372. The number of carbonyl (C=O) groups excluding carboxylic acids is 3. The van der Waals surface area contributed by atoms with Crippen molar-refractivity contribution in [1.82, 2.24) is 26.1 Å². The van der Waals surface area contributed by atoms with Crippen LogP contribution in [0.1, 0.15) is 69.8 Å². The number of pyridine rings is 1. The fourth-order valence-corrected chi connectivity index (χ4v) is 2.67. The minimum Gasteiger partial charge on any atom is -0.444 e. The van der Waals surface area contributed by atoms with Gasteiger partial charge in [-0.25, -0.2) is 9.59 Å². The van der Waals surface area contributed by atoms with Crippen molar-refractivity contribution in [2.45, 2.75) is 72.1 Å². The van der Waals surface area contributed by atoms with Crippen LogP contribution in [0.2, 0.25) is 0 Å². The Balaban J connectivity index is 1.90. The number of carbonyl (C=O) groups is 3. The summed E-state index contributed by atoms with van der Waals surface area (Å²) in [6.45, 7) is 10.9. The Labute approximate surface area is 210 Å². The Hall–Kier alpha value is -3.96. The van der Waals surface area contributed by atoms with Crippen LogP contribution in [0.4, 0.5) is 9.59 Å². The van der Waals surface area contributed by atoms with E-state index in [1.807, 2.05) is 0 Å². The van der Waals surface area contributed by atoms with Gasteiger partial charge in [0.15, 0.2) is 5.69 Å². The number of amides is 3. The second kappa shape index (κ2) is 12.7. The van der Waals surface area contributed by atoms with Crippen LogP contribution < -0.4 is 16.0 Å². The molecule has 12 nitrogen and oxygen atoms in total. The van der Waals surface area contributed by atoms with Crippen LogP contribution in [-0.2, 0) is 22.4 Å². The third kappa shape index (κ3) is 11.4. The minimum atomic E-state index is -0.769. The maximum atomic E-state index is 12.3. The quantitative estimate of drug-likeness (QED) is 0.296. The number of hydrogen-bond acceptors (Lipinski definition) is 9. The van der Waals surface area contributed by atoms with Gasteiger partial charge >= 0.3 is 12.2 Å². The molecule has 3 N–H and O–H groups in total. The Morgan fingerprint density at radius 3 is 2.11 bits per heavy atom. The molecule has 0 radical (unpaired) electrons. The molecule has 36 heavy (non-hydrogen) atoms. The van der Waals surface area contributed by atoms with Gasteiger partial charge in [0.2, 0.25) is 5.96 Å². The average molecular weight is 503 g/mol. The molecule has 12 heteroatoms. The zero-order chi connectivity index (χ0) is 26.8. The minimum absolute atomic E-state index is 0.104. The van der Waals surface area contributed by atoms with E-state index in [0.717, 1.165) is 5.56 Å². The molecule has 0 bridgehead atoms. The molecule has 3 amide bonds. The first-order valence-electron chi connectivity index (χ1n) is 11.5. The first-order chi connectivity index (χ1) is 16.8. The van der Waals surface area contributed by atoms with Gasteiger partial charge in [0, 0.05) is 38.0 Å². The fourth-order valence-electron chi connectivity index (χ4n) is 2.67. The van der Waals surface area contributed by atoms with Gasteiger partial charge in [-0.1, -0.05) is 5.16 Å². The molecule has 2 rings (SSSR count). The van der Waals surface area contributed by atoms with Crippen molar-refractivity contribution in [2.75, 3.05) is 6.54 Å². The summed E-state index contributed by atoms with van der Waals surface area (Å²) in [5, 5.41) is 11.4. The second-order valence-electron chi connectivity index (χ2n) is 9.80. The highest BCUT2D eigenvalue weighted by Crippen LogP contribution is 2.09. The predicted octanol–water partition coefficient (Wildman–Crippen LogP) is 3.34. The van der Waals surface area contributed by atoms with Crippen LogP contribution in [0.25, 0.3) is 0 Å². The number of aryl methyl sites for hydroxylation is 1. The fraction of sp³-hybridized carbons (Fsp3) is 0.500. The molecule has 2 heterocycles. The van der Waals surface area contributed by atoms with Crippen molar-refractivity contribution in [3.05, 3.63) is 47.6 Å². The molecule has 0 aliphatic heterocycles. The molecule has 0 saturated carbocycles. The molecule has 196 valence electrons. The first-order valence-corrected chi connectivity index (χ1v) is 11.5. The average Bonchev–Trinajstić information content (AvgIpc) is 3.22. The highest BCUT2D eigenvalue weighted by atomic mass is 16.6. The number of aromatic nitrogens is 2. The molecule has 2 aromatic heterocycles. The van der Waals surface area contributed by atoms with Crippen LogP contribution in [0.5, 0.6) is 0 Å². The maximum absolute atomic E-state index is 12.3. The van der Waals surface area contributed by atoms with E-state index in [1.54, 1.807) is 72.1 Å². The number of guanidine groups is 1. The van der Waals surface area contributed by atoms with E-state index in [-0.39, 0.29) is 24.1 Å². The monoisotopic (exact) mass is 502 g/mol. The van der Waals surface area contributed by atoms with Gasteiger partial charge in [-0.3, -0.25) is 25.4 Å². The Bertz CT molecular complexity index is 1020. The molecule has 0 atom stereocenters. The van der Waals surface area contributed by atoms with Crippen molar-refractivity contribution in [3.8, 4) is 0 Å². The highest BCUT2D eigenvalue weighted by Gasteiger charge is 2.21. The second-order valence-corrected chi connectivity index (χ2v) is 9.80. The Kier molecular flexibility index (Phi) is 9.94. The summed E-state index contributed by atoms with van der Waals surface area (Å²) in [4.78, 5) is 44.7. The van der Waals surface area contributed by atoms with Crippen LogP contribution in [-0.4, -0.2) is 51.9 Å². The highest BCUT2D eigenvalue weighted by molar-refractivity contribution is 6.01. The number of nitrogens with zero attached hydrogens (tertiary/aromatic N) is 3. The molecular formula is C24H34N6O6. The third-order valence-electron chi connectivity index (χ3n) is 4.08. The van der Waals surface area contributed by atoms with Gasteiger partial charge in [-0.05, 0) is 65.7 Å². The number of aliphatic imine (C=N–C) groups is 1. The molecule has 0 fully saturated rings. The summed E-state index contributed by atoms with van der Waals surface area (Å²) < 4.78 is 15.7.